The molecule has 4 rings (SSSR count). The number of nitrogens with zero attached hydrogens (tertiary/aromatic N) is 2. The smallest absolute Gasteiger partial charge is 0.201 e. The van der Waals surface area contributed by atoms with Crippen molar-refractivity contribution in [1.29, 1.82) is 0 Å². The number of aliphatic imine (C=N–C) groups is 1. The summed E-state index contributed by atoms with van der Waals surface area (Å²) in [5.74, 6) is 0.802. The third-order valence-corrected chi connectivity index (χ3v) is 5.11. The molecule has 3 heterocycles. The van der Waals surface area contributed by atoms with Crippen LogP contribution >= 0.6 is 0 Å². The van der Waals surface area contributed by atoms with E-state index in [1.807, 2.05) is 4.57 Å². The maximum absolute atomic E-state index is 11.2. The van der Waals surface area contributed by atoms with Crippen LogP contribution < -0.4 is 0 Å². The number of aromatic hydroxyl groups is 1. The van der Waals surface area contributed by atoms with E-state index >= 15 is 0 Å². The van der Waals surface area contributed by atoms with Gasteiger partial charge in [-0.2, -0.15) is 0 Å². The van der Waals surface area contributed by atoms with E-state index in [1.165, 1.54) is 5.56 Å². The minimum atomic E-state index is -0.0650. The van der Waals surface area contributed by atoms with Crippen molar-refractivity contribution in [2.24, 2.45) is 10.9 Å². The monoisotopic (exact) mass is 372 g/mol. The minimum Gasteiger partial charge on any atom is -0.494 e. The highest BCUT2D eigenvalue weighted by atomic mass is 16.5. The van der Waals surface area contributed by atoms with Gasteiger partial charge in [-0.25, -0.2) is 0 Å². The van der Waals surface area contributed by atoms with E-state index in [1.54, 1.807) is 0 Å². The van der Waals surface area contributed by atoms with E-state index in [9.17, 15) is 5.11 Å². The first-order valence-corrected chi connectivity index (χ1v) is 9.78. The lowest BCUT2D eigenvalue weighted by Crippen LogP contribution is -2.20. The first kappa shape index (κ1) is 18.5. The first-order chi connectivity index (χ1) is 13.1. The van der Waals surface area contributed by atoms with E-state index < -0.39 is 0 Å². The molecular weight excluding hydrogens is 344 g/mol. The van der Waals surface area contributed by atoms with Gasteiger partial charge < -0.3 is 23.9 Å². The molecule has 0 unspecified atom stereocenters. The number of rotatable bonds is 4. The molecule has 0 radical (unpaired) electrons. The van der Waals surface area contributed by atoms with Crippen LogP contribution in [0.3, 0.4) is 0 Å². The molecule has 2 aliphatic heterocycles. The Bertz CT molecular complexity index is 832. The number of aromatic nitrogens is 1. The topological polar surface area (TPSA) is 65.2 Å². The van der Waals surface area contributed by atoms with Crippen molar-refractivity contribution in [3.8, 4) is 5.88 Å². The van der Waals surface area contributed by atoms with Crippen molar-refractivity contribution in [3.05, 3.63) is 29.3 Å². The lowest BCUT2D eigenvalue weighted by atomic mass is 9.99. The van der Waals surface area contributed by atoms with Gasteiger partial charge in [0.1, 0.15) is 0 Å². The van der Waals surface area contributed by atoms with Crippen LogP contribution in [0, 0.1) is 5.92 Å². The lowest BCUT2D eigenvalue weighted by Gasteiger charge is -2.18. The van der Waals surface area contributed by atoms with Crippen LogP contribution in [0.15, 0.2) is 23.2 Å². The summed E-state index contributed by atoms with van der Waals surface area (Å²) in [6, 6.07) is 6.38. The molecule has 27 heavy (non-hydrogen) atoms. The zero-order valence-electron chi connectivity index (χ0n) is 16.1. The SMILES string of the molecule is CC(C)Cc1ccc2c(c1)c(C1=NCCOC1)c(O)n2C1COCCOC1. The number of fused-ring (bicyclic) bond motifs is 1. The van der Waals surface area contributed by atoms with Gasteiger partial charge >= 0.3 is 0 Å². The normalized spacial score (nSPS) is 19.4. The molecule has 1 saturated heterocycles. The quantitative estimate of drug-likeness (QED) is 0.896. The lowest BCUT2D eigenvalue weighted by molar-refractivity contribution is 0.103. The largest absolute Gasteiger partial charge is 0.494 e. The number of hydrogen-bond donors (Lipinski definition) is 1. The molecule has 6 heteroatoms. The number of ether oxygens (including phenoxy) is 3. The molecule has 0 spiro atoms. The highest BCUT2D eigenvalue weighted by molar-refractivity contribution is 6.14. The van der Waals surface area contributed by atoms with Gasteiger partial charge in [-0.1, -0.05) is 19.9 Å². The Morgan fingerprint density at radius 1 is 1.15 bits per heavy atom. The van der Waals surface area contributed by atoms with Crippen LogP contribution in [-0.2, 0) is 20.6 Å². The maximum Gasteiger partial charge on any atom is 0.201 e. The van der Waals surface area contributed by atoms with E-state index in [0.29, 0.717) is 52.1 Å². The zero-order valence-corrected chi connectivity index (χ0v) is 16.1. The van der Waals surface area contributed by atoms with Gasteiger partial charge in [-0.05, 0) is 30.0 Å². The van der Waals surface area contributed by atoms with Crippen molar-refractivity contribution in [2.75, 3.05) is 46.2 Å². The summed E-state index contributed by atoms with van der Waals surface area (Å²) < 4.78 is 18.9. The fraction of sp³-hybridized carbons (Fsp3) is 0.571. The fourth-order valence-corrected chi connectivity index (χ4v) is 3.97. The van der Waals surface area contributed by atoms with Gasteiger partial charge in [0.05, 0.1) is 69.0 Å². The molecule has 0 saturated carbocycles. The summed E-state index contributed by atoms with van der Waals surface area (Å²) in [5.41, 5.74) is 3.86. The second kappa shape index (κ2) is 8.00. The minimum absolute atomic E-state index is 0.0650. The maximum atomic E-state index is 11.2. The molecule has 2 aliphatic rings. The molecule has 6 nitrogen and oxygen atoms in total. The molecule has 1 fully saturated rings. The van der Waals surface area contributed by atoms with Crippen molar-refractivity contribution in [2.45, 2.75) is 26.3 Å². The van der Waals surface area contributed by atoms with E-state index in [4.69, 9.17) is 14.2 Å². The summed E-state index contributed by atoms with van der Waals surface area (Å²) in [4.78, 5) is 4.63. The molecule has 146 valence electrons. The third-order valence-electron chi connectivity index (χ3n) is 5.11. The van der Waals surface area contributed by atoms with Gasteiger partial charge in [0.2, 0.25) is 5.88 Å². The van der Waals surface area contributed by atoms with Crippen LogP contribution in [0.4, 0.5) is 0 Å². The van der Waals surface area contributed by atoms with Crippen LogP contribution in [-0.4, -0.2) is 61.6 Å². The highest BCUT2D eigenvalue weighted by Crippen LogP contribution is 2.37. The van der Waals surface area contributed by atoms with Crippen LogP contribution in [0.5, 0.6) is 5.88 Å². The molecular formula is C21H28N2O4. The molecule has 0 bridgehead atoms. The van der Waals surface area contributed by atoms with Crippen LogP contribution in [0.25, 0.3) is 10.9 Å². The van der Waals surface area contributed by atoms with Gasteiger partial charge in [0, 0.05) is 5.39 Å². The van der Waals surface area contributed by atoms with Crippen LogP contribution in [0.2, 0.25) is 0 Å². The molecule has 1 N–H and O–H groups in total. The molecule has 1 aromatic carbocycles. The standard InChI is InChI=1S/C21H28N2O4/c1-14(2)9-15-3-4-19-17(10-15)20(18-13-25-6-5-22-18)21(24)23(19)16-11-26-7-8-27-12-16/h3-4,10,14,16,24H,5-9,11-13H2,1-2H3. The Morgan fingerprint density at radius 3 is 2.59 bits per heavy atom. The van der Waals surface area contributed by atoms with Crippen LogP contribution in [0.1, 0.15) is 31.0 Å². The second-order valence-corrected chi connectivity index (χ2v) is 7.70. The molecule has 2 aromatic rings. The molecule has 0 amide bonds. The van der Waals surface area contributed by atoms with E-state index in [0.717, 1.165) is 28.6 Å². The first-order valence-electron chi connectivity index (χ1n) is 9.78. The van der Waals surface area contributed by atoms with Crippen molar-refractivity contribution in [3.63, 3.8) is 0 Å². The van der Waals surface area contributed by atoms with Crippen molar-refractivity contribution >= 4 is 16.6 Å². The predicted octanol–water partition coefficient (Wildman–Crippen LogP) is 2.95. The van der Waals surface area contributed by atoms with E-state index in [2.05, 4.69) is 37.0 Å². The van der Waals surface area contributed by atoms with Gasteiger partial charge in [0.15, 0.2) is 0 Å². The average Bonchev–Trinajstić information content (AvgIpc) is 2.80. The molecule has 0 atom stereocenters. The average molecular weight is 372 g/mol. The summed E-state index contributed by atoms with van der Waals surface area (Å²) >= 11 is 0. The summed E-state index contributed by atoms with van der Waals surface area (Å²) in [6.07, 6.45) is 1.000. The molecule has 1 aromatic heterocycles. The fourth-order valence-electron chi connectivity index (χ4n) is 3.97. The molecule has 0 aliphatic carbocycles. The van der Waals surface area contributed by atoms with Gasteiger partial charge in [0.25, 0.3) is 0 Å². The van der Waals surface area contributed by atoms with Gasteiger partial charge in [-0.3, -0.25) is 4.99 Å². The van der Waals surface area contributed by atoms with Crippen molar-refractivity contribution < 1.29 is 19.3 Å². The number of benzene rings is 1. The summed E-state index contributed by atoms with van der Waals surface area (Å²) in [6.45, 7) is 8.33. The third kappa shape index (κ3) is 3.74. The Kier molecular flexibility index (Phi) is 5.48. The summed E-state index contributed by atoms with van der Waals surface area (Å²) in [7, 11) is 0. The Balaban J connectivity index is 1.87. The Hall–Kier alpha value is -1.89. The highest BCUT2D eigenvalue weighted by Gasteiger charge is 2.27. The van der Waals surface area contributed by atoms with Gasteiger partial charge in [-0.15, -0.1) is 0 Å². The zero-order chi connectivity index (χ0) is 18.8. The number of hydrogen-bond acceptors (Lipinski definition) is 5. The Morgan fingerprint density at radius 2 is 1.93 bits per heavy atom. The summed E-state index contributed by atoms with van der Waals surface area (Å²) in [5, 5.41) is 12.2. The second-order valence-electron chi connectivity index (χ2n) is 7.70. The predicted molar refractivity (Wildman–Crippen MR) is 105 cm³/mol. The van der Waals surface area contributed by atoms with E-state index in [-0.39, 0.29) is 11.9 Å². The van der Waals surface area contributed by atoms with Crippen molar-refractivity contribution in [1.82, 2.24) is 4.57 Å². The Labute approximate surface area is 159 Å².